The van der Waals surface area contributed by atoms with E-state index < -0.39 is 0 Å². The number of benzene rings is 2. The third-order valence-corrected chi connectivity index (χ3v) is 2.64. The van der Waals surface area contributed by atoms with Crippen LogP contribution >= 0.6 is 0 Å². The summed E-state index contributed by atoms with van der Waals surface area (Å²) in [4.78, 5) is 4.29. The van der Waals surface area contributed by atoms with Gasteiger partial charge in [-0.3, -0.25) is 0 Å². The summed E-state index contributed by atoms with van der Waals surface area (Å²) in [5.74, 6) is 0.243. The van der Waals surface area contributed by atoms with Gasteiger partial charge in [-0.1, -0.05) is 36.4 Å². The highest BCUT2D eigenvalue weighted by Crippen LogP contribution is 2.18. The minimum Gasteiger partial charge on any atom is -0.369 e. The summed E-state index contributed by atoms with van der Waals surface area (Å²) in [6, 6.07) is 11.3. The molecule has 0 spiro atoms. The molecule has 0 radical (unpaired) electrons. The number of nitrogens with zero attached hydrogens (tertiary/aromatic N) is 1. The van der Waals surface area contributed by atoms with Gasteiger partial charge < -0.3 is 11.1 Å². The Labute approximate surface area is 110 Å². The molecule has 3 heteroatoms. The number of nitrogens with one attached hydrogen (secondary N) is 1. The Morgan fingerprint density at radius 3 is 2.56 bits per heavy atom. The molecule has 2 aromatic carbocycles. The standard InChI is InChI=1S/C15H17N3/c1-11-7-3-5-9-13(11)17-15(16)18-14-10-6-4-8-12(14)2/h3-10H,1-2H3,(H3,16,17,18)/i5T,6T. The molecule has 3 nitrogen and oxygen atoms in total. The van der Waals surface area contributed by atoms with Gasteiger partial charge in [0.1, 0.15) is 0 Å². The highest BCUT2D eigenvalue weighted by molar-refractivity contribution is 5.94. The Bertz CT molecular complexity index is 666. The van der Waals surface area contributed by atoms with E-state index in [0.717, 1.165) is 16.8 Å². The van der Waals surface area contributed by atoms with E-state index in [9.17, 15) is 0 Å². The fraction of sp³-hybridized carbons (Fsp3) is 0.133. The summed E-state index contributed by atoms with van der Waals surface area (Å²) in [6.45, 7) is 3.85. The van der Waals surface area contributed by atoms with E-state index in [4.69, 9.17) is 8.48 Å². The summed E-state index contributed by atoms with van der Waals surface area (Å²) in [5, 5.41) is 2.99. The van der Waals surface area contributed by atoms with Crippen molar-refractivity contribution < 1.29 is 2.74 Å². The van der Waals surface area contributed by atoms with E-state index in [1.165, 1.54) is 0 Å². The summed E-state index contributed by atoms with van der Waals surface area (Å²) >= 11 is 0. The lowest BCUT2D eigenvalue weighted by atomic mass is 10.2. The van der Waals surface area contributed by atoms with E-state index in [2.05, 4.69) is 10.3 Å². The zero-order valence-corrected chi connectivity index (χ0v) is 10.5. The predicted molar refractivity (Wildman–Crippen MR) is 77.3 cm³/mol. The number of hydrogen-bond donors (Lipinski definition) is 2. The van der Waals surface area contributed by atoms with Crippen LogP contribution in [0.15, 0.2) is 53.5 Å². The third kappa shape index (κ3) is 2.88. The Balaban J connectivity index is 2.27. The maximum absolute atomic E-state index is 7.61. The van der Waals surface area contributed by atoms with Crippen LogP contribution in [0, 0.1) is 13.8 Å². The number of para-hydroxylation sites is 2. The molecule has 0 heterocycles. The molecule has 3 N–H and O–H groups in total. The molecular formula is C15H17N3. The lowest BCUT2D eigenvalue weighted by Crippen LogP contribution is -2.22. The molecule has 0 aliphatic rings. The molecule has 0 saturated carbocycles. The van der Waals surface area contributed by atoms with E-state index in [-0.39, 0.29) is 5.96 Å². The summed E-state index contributed by atoms with van der Waals surface area (Å²) in [5.41, 5.74) is 9.27. The fourth-order valence-electron chi connectivity index (χ4n) is 1.56. The Hall–Kier alpha value is -2.29. The van der Waals surface area contributed by atoms with Crippen LogP contribution in [0.3, 0.4) is 0 Å². The fourth-order valence-corrected chi connectivity index (χ4v) is 1.56. The van der Waals surface area contributed by atoms with E-state index in [1.54, 1.807) is 24.3 Å². The molecule has 0 bridgehead atoms. The van der Waals surface area contributed by atoms with Gasteiger partial charge in [0.25, 0.3) is 0 Å². The Morgan fingerprint density at radius 2 is 1.78 bits per heavy atom. The number of hydrogen-bond acceptors (Lipinski definition) is 1. The number of aryl methyl sites for hydroxylation is 2. The molecule has 0 unspecified atom stereocenters. The van der Waals surface area contributed by atoms with Crippen molar-refractivity contribution in [2.24, 2.45) is 10.7 Å². The van der Waals surface area contributed by atoms with Crippen molar-refractivity contribution in [3.63, 3.8) is 0 Å². The molecular weight excluding hydrogens is 222 g/mol. The highest BCUT2D eigenvalue weighted by atomic mass is 15.1. The lowest BCUT2D eigenvalue weighted by Gasteiger charge is -2.08. The molecule has 0 aliphatic heterocycles. The van der Waals surface area contributed by atoms with Gasteiger partial charge in [0, 0.05) is 5.69 Å². The van der Waals surface area contributed by atoms with Crippen molar-refractivity contribution in [2.45, 2.75) is 13.8 Å². The van der Waals surface area contributed by atoms with Crippen molar-refractivity contribution >= 4 is 17.3 Å². The Morgan fingerprint density at radius 1 is 1.11 bits per heavy atom. The smallest absolute Gasteiger partial charge is 0.198 e. The highest BCUT2D eigenvalue weighted by Gasteiger charge is 1.99. The van der Waals surface area contributed by atoms with E-state index in [1.807, 2.05) is 26.0 Å². The zero-order chi connectivity index (χ0) is 14.7. The third-order valence-electron chi connectivity index (χ3n) is 2.64. The maximum atomic E-state index is 7.61. The molecule has 2 aromatic rings. The van der Waals surface area contributed by atoms with Gasteiger partial charge in [-0.05, 0) is 37.1 Å². The molecule has 18 heavy (non-hydrogen) atoms. The number of guanidine groups is 1. The summed E-state index contributed by atoms with van der Waals surface area (Å²) in [7, 11) is 0. The molecule has 0 aliphatic carbocycles. The first-order chi connectivity index (χ1) is 9.45. The number of aliphatic imine (C=N–C) groups is 1. The molecule has 0 atom stereocenters. The van der Waals surface area contributed by atoms with Crippen molar-refractivity contribution in [2.75, 3.05) is 5.32 Å². The average Bonchev–Trinajstić information content (AvgIpc) is 2.38. The first kappa shape index (κ1) is 9.71. The maximum Gasteiger partial charge on any atom is 0.198 e. The zero-order valence-electron chi connectivity index (χ0n) is 12.5. The topological polar surface area (TPSA) is 50.4 Å². The molecule has 0 fully saturated rings. The first-order valence-electron chi connectivity index (χ1n) is 6.71. The largest absolute Gasteiger partial charge is 0.369 e. The van der Waals surface area contributed by atoms with E-state index in [0.29, 0.717) is 17.8 Å². The molecule has 0 amide bonds. The summed E-state index contributed by atoms with van der Waals surface area (Å²) < 4.78 is 15.2. The van der Waals surface area contributed by atoms with Crippen LogP contribution in [0.25, 0.3) is 0 Å². The van der Waals surface area contributed by atoms with Gasteiger partial charge >= 0.3 is 0 Å². The second kappa shape index (κ2) is 5.36. The number of anilines is 1. The van der Waals surface area contributed by atoms with Crippen LogP contribution in [-0.4, -0.2) is 5.96 Å². The van der Waals surface area contributed by atoms with Crippen molar-refractivity contribution in [1.82, 2.24) is 0 Å². The van der Waals surface area contributed by atoms with Crippen molar-refractivity contribution in [1.29, 1.82) is 0 Å². The number of nitrogens with two attached hydrogens (primary N) is 1. The van der Waals surface area contributed by atoms with Crippen LogP contribution < -0.4 is 11.1 Å². The molecule has 92 valence electrons. The normalized spacial score (nSPS) is 12.9. The van der Waals surface area contributed by atoms with Crippen LogP contribution in [0.4, 0.5) is 11.4 Å². The van der Waals surface area contributed by atoms with Crippen molar-refractivity contribution in [3.8, 4) is 0 Å². The number of rotatable bonds is 2. The van der Waals surface area contributed by atoms with Crippen LogP contribution in [0.5, 0.6) is 0 Å². The average molecular weight is 243 g/mol. The SMILES string of the molecule is [3H]c1ccc(C)c(N=C(N)Nc2cc([3H])ccc2C)c1. The second-order valence-electron chi connectivity index (χ2n) is 4.08. The minimum absolute atomic E-state index is 0.243. The lowest BCUT2D eigenvalue weighted by molar-refractivity contribution is 1.36. The van der Waals surface area contributed by atoms with Crippen molar-refractivity contribution in [3.05, 3.63) is 59.6 Å². The van der Waals surface area contributed by atoms with Gasteiger partial charge in [0.15, 0.2) is 5.96 Å². The molecule has 2 rings (SSSR count). The van der Waals surface area contributed by atoms with Gasteiger partial charge in [0.05, 0.1) is 8.43 Å². The molecule has 0 aromatic heterocycles. The molecule has 0 saturated heterocycles. The monoisotopic (exact) mass is 243 g/mol. The van der Waals surface area contributed by atoms with Crippen LogP contribution in [0.2, 0.25) is 0 Å². The van der Waals surface area contributed by atoms with Gasteiger partial charge in [-0.25, -0.2) is 4.99 Å². The van der Waals surface area contributed by atoms with Gasteiger partial charge in [-0.15, -0.1) is 0 Å². The quantitative estimate of drug-likeness (QED) is 0.627. The van der Waals surface area contributed by atoms with Gasteiger partial charge in [0.2, 0.25) is 0 Å². The second-order valence-corrected chi connectivity index (χ2v) is 4.08. The predicted octanol–water partition coefficient (Wildman–Crippen LogP) is 3.36. The first-order valence-corrected chi connectivity index (χ1v) is 5.71. The van der Waals surface area contributed by atoms with Crippen LogP contribution in [0.1, 0.15) is 13.9 Å². The summed E-state index contributed by atoms with van der Waals surface area (Å²) in [6.07, 6.45) is 0. The van der Waals surface area contributed by atoms with Gasteiger partial charge in [-0.2, -0.15) is 0 Å². The minimum atomic E-state index is 0.243. The van der Waals surface area contributed by atoms with Crippen LogP contribution in [-0.2, 0) is 0 Å². The Kier molecular flexibility index (Phi) is 2.89. The van der Waals surface area contributed by atoms with E-state index >= 15 is 0 Å².